The highest BCUT2D eigenvalue weighted by molar-refractivity contribution is 5.97. The smallest absolute Gasteiger partial charge is 0.205 e. The second-order valence-corrected chi connectivity index (χ2v) is 8.05. The van der Waals surface area contributed by atoms with Crippen molar-refractivity contribution in [3.63, 3.8) is 0 Å². The van der Waals surface area contributed by atoms with E-state index in [0.717, 1.165) is 48.0 Å². The van der Waals surface area contributed by atoms with Crippen LogP contribution in [0.25, 0.3) is 22.1 Å². The second kappa shape index (κ2) is 8.36. The van der Waals surface area contributed by atoms with Crippen LogP contribution < -0.4 is 15.8 Å². The lowest BCUT2D eigenvalue weighted by atomic mass is 10.1. The van der Waals surface area contributed by atoms with Gasteiger partial charge in [0.1, 0.15) is 12.4 Å². The first-order chi connectivity index (χ1) is 15.6. The highest BCUT2D eigenvalue weighted by Crippen LogP contribution is 2.39. The molecule has 1 aliphatic heterocycles. The maximum absolute atomic E-state index is 9.17. The minimum Gasteiger partial charge on any atom is -0.479 e. The lowest BCUT2D eigenvalue weighted by Crippen LogP contribution is -2.29. The SMILES string of the molecule is CC(Oc1c(N)ncc2c(-c3cnn(C4CCNCC4)c3)coc12)c1cccc(C#N)c1. The van der Waals surface area contributed by atoms with Crippen molar-refractivity contribution >= 4 is 16.8 Å². The van der Waals surface area contributed by atoms with Gasteiger partial charge in [0.15, 0.2) is 11.4 Å². The van der Waals surface area contributed by atoms with Crippen LogP contribution in [-0.4, -0.2) is 27.9 Å². The van der Waals surface area contributed by atoms with Crippen molar-refractivity contribution < 1.29 is 9.15 Å². The number of piperidine rings is 1. The maximum Gasteiger partial charge on any atom is 0.205 e. The number of nitrogens with zero attached hydrogens (tertiary/aromatic N) is 4. The number of nitrogens with one attached hydrogen (secondary N) is 1. The molecule has 3 N–H and O–H groups in total. The molecule has 5 rings (SSSR count). The normalized spacial score (nSPS) is 15.5. The van der Waals surface area contributed by atoms with Crippen molar-refractivity contribution in [2.24, 2.45) is 0 Å². The summed E-state index contributed by atoms with van der Waals surface area (Å²) < 4.78 is 14.1. The Labute approximate surface area is 185 Å². The molecule has 0 radical (unpaired) electrons. The van der Waals surface area contributed by atoms with Crippen molar-refractivity contribution in [3.05, 3.63) is 60.2 Å². The van der Waals surface area contributed by atoms with Gasteiger partial charge in [0, 0.05) is 23.5 Å². The van der Waals surface area contributed by atoms with E-state index < -0.39 is 0 Å². The van der Waals surface area contributed by atoms with Gasteiger partial charge in [-0.3, -0.25) is 4.68 Å². The number of fused-ring (bicyclic) bond motifs is 1. The second-order valence-electron chi connectivity index (χ2n) is 8.05. The molecular weight excluding hydrogens is 404 g/mol. The number of aromatic nitrogens is 3. The third-order valence-corrected chi connectivity index (χ3v) is 5.98. The van der Waals surface area contributed by atoms with E-state index in [9.17, 15) is 0 Å². The molecule has 3 aromatic heterocycles. The lowest BCUT2D eigenvalue weighted by Gasteiger charge is -2.22. The van der Waals surface area contributed by atoms with E-state index in [1.54, 1.807) is 24.6 Å². The van der Waals surface area contributed by atoms with Crippen LogP contribution in [0.5, 0.6) is 5.75 Å². The largest absolute Gasteiger partial charge is 0.479 e. The van der Waals surface area contributed by atoms with Crippen LogP contribution in [-0.2, 0) is 0 Å². The standard InChI is InChI=1S/C24H24N6O2/c1-15(17-4-2-3-16(9-17)10-25)32-23-22-20(12-28-24(23)26)21(14-31-22)18-11-29-30(13-18)19-5-7-27-8-6-19/h2-4,9,11-15,19,27H,5-8H2,1H3,(H2,26,28). The van der Waals surface area contributed by atoms with Gasteiger partial charge < -0.3 is 20.2 Å². The van der Waals surface area contributed by atoms with Crippen molar-refractivity contribution in [3.8, 4) is 22.9 Å². The Kier molecular flexibility index (Phi) is 5.25. The van der Waals surface area contributed by atoms with Crippen LogP contribution in [0.4, 0.5) is 5.82 Å². The Balaban J connectivity index is 1.46. The predicted octanol–water partition coefficient (Wildman–Crippen LogP) is 4.21. The van der Waals surface area contributed by atoms with Gasteiger partial charge >= 0.3 is 0 Å². The maximum atomic E-state index is 9.17. The van der Waals surface area contributed by atoms with Crippen LogP contribution in [0, 0.1) is 11.3 Å². The molecule has 1 aromatic carbocycles. The van der Waals surface area contributed by atoms with E-state index >= 15 is 0 Å². The Morgan fingerprint density at radius 1 is 1.31 bits per heavy atom. The molecule has 32 heavy (non-hydrogen) atoms. The fourth-order valence-corrected chi connectivity index (χ4v) is 4.17. The molecule has 1 fully saturated rings. The number of nitrogen functional groups attached to an aromatic ring is 1. The zero-order valence-corrected chi connectivity index (χ0v) is 17.8. The van der Waals surface area contributed by atoms with Gasteiger partial charge in [0.2, 0.25) is 5.75 Å². The average Bonchev–Trinajstić information content (AvgIpc) is 3.49. The predicted molar refractivity (Wildman–Crippen MR) is 121 cm³/mol. The van der Waals surface area contributed by atoms with Crippen molar-refractivity contribution in [1.29, 1.82) is 5.26 Å². The first-order valence-electron chi connectivity index (χ1n) is 10.7. The minimum atomic E-state index is -0.339. The molecule has 0 spiro atoms. The molecule has 1 unspecified atom stereocenters. The number of nitrogens with two attached hydrogens (primary N) is 1. The summed E-state index contributed by atoms with van der Waals surface area (Å²) in [4.78, 5) is 4.35. The summed E-state index contributed by atoms with van der Waals surface area (Å²) >= 11 is 0. The van der Waals surface area contributed by atoms with Gasteiger partial charge in [-0.05, 0) is 50.6 Å². The third-order valence-electron chi connectivity index (χ3n) is 5.98. The van der Waals surface area contributed by atoms with E-state index in [-0.39, 0.29) is 11.9 Å². The topological polar surface area (TPSA) is 115 Å². The number of pyridine rings is 1. The summed E-state index contributed by atoms with van der Waals surface area (Å²) in [5.74, 6) is 0.654. The number of furan rings is 1. The summed E-state index contributed by atoms with van der Waals surface area (Å²) in [7, 11) is 0. The Hall–Kier alpha value is -3.83. The van der Waals surface area contributed by atoms with E-state index in [0.29, 0.717) is 22.9 Å². The van der Waals surface area contributed by atoms with E-state index in [1.807, 2.05) is 29.9 Å². The Bertz CT molecular complexity index is 1300. The van der Waals surface area contributed by atoms with E-state index in [1.165, 1.54) is 0 Å². The minimum absolute atomic E-state index is 0.257. The van der Waals surface area contributed by atoms with Gasteiger partial charge in [0.05, 0.1) is 29.3 Å². The number of hydrogen-bond donors (Lipinski definition) is 2. The summed E-state index contributed by atoms with van der Waals surface area (Å²) in [6, 6.07) is 9.87. The number of ether oxygens (including phenoxy) is 1. The van der Waals surface area contributed by atoms with Crippen LogP contribution in [0.15, 0.2) is 53.5 Å². The van der Waals surface area contributed by atoms with Gasteiger partial charge in [-0.1, -0.05) is 12.1 Å². The average molecular weight is 428 g/mol. The summed E-state index contributed by atoms with van der Waals surface area (Å²) in [6.45, 7) is 3.92. The molecule has 1 saturated heterocycles. The van der Waals surface area contributed by atoms with Crippen LogP contribution in [0.3, 0.4) is 0 Å². The monoisotopic (exact) mass is 428 g/mol. The number of anilines is 1. The molecule has 4 aromatic rings. The van der Waals surface area contributed by atoms with Crippen LogP contribution >= 0.6 is 0 Å². The first-order valence-corrected chi connectivity index (χ1v) is 10.7. The highest BCUT2D eigenvalue weighted by Gasteiger charge is 2.21. The molecule has 4 heterocycles. The fourth-order valence-electron chi connectivity index (χ4n) is 4.17. The zero-order chi connectivity index (χ0) is 22.1. The molecule has 0 bridgehead atoms. The van der Waals surface area contributed by atoms with Crippen LogP contribution in [0.1, 0.15) is 43.0 Å². The van der Waals surface area contributed by atoms with E-state index in [4.69, 9.17) is 20.1 Å². The molecule has 0 aliphatic carbocycles. The van der Waals surface area contributed by atoms with Gasteiger partial charge in [0.25, 0.3) is 0 Å². The molecule has 0 amide bonds. The number of nitriles is 1. The number of benzene rings is 1. The van der Waals surface area contributed by atoms with Gasteiger partial charge in [-0.15, -0.1) is 0 Å². The Morgan fingerprint density at radius 3 is 2.97 bits per heavy atom. The Morgan fingerprint density at radius 2 is 2.16 bits per heavy atom. The first kappa shape index (κ1) is 20.1. The number of rotatable bonds is 5. The zero-order valence-electron chi connectivity index (χ0n) is 17.8. The molecule has 8 nitrogen and oxygen atoms in total. The third kappa shape index (κ3) is 3.67. The van der Waals surface area contributed by atoms with Crippen LogP contribution in [0.2, 0.25) is 0 Å². The highest BCUT2D eigenvalue weighted by atomic mass is 16.5. The lowest BCUT2D eigenvalue weighted by molar-refractivity contribution is 0.227. The van der Waals surface area contributed by atoms with E-state index in [2.05, 4.69) is 27.7 Å². The molecule has 162 valence electrons. The summed E-state index contributed by atoms with van der Waals surface area (Å²) in [6.07, 6.45) is 9.12. The van der Waals surface area contributed by atoms with Crippen molar-refractivity contribution in [2.75, 3.05) is 18.8 Å². The van der Waals surface area contributed by atoms with Gasteiger partial charge in [-0.2, -0.15) is 10.4 Å². The fraction of sp³-hybridized carbons (Fsp3) is 0.292. The van der Waals surface area contributed by atoms with Crippen molar-refractivity contribution in [1.82, 2.24) is 20.1 Å². The molecule has 1 aliphatic rings. The molecular formula is C24H24N6O2. The molecule has 0 saturated carbocycles. The molecule has 8 heteroatoms. The van der Waals surface area contributed by atoms with Crippen molar-refractivity contribution in [2.45, 2.75) is 31.9 Å². The summed E-state index contributed by atoms with van der Waals surface area (Å²) in [5.41, 5.74) is 10.0. The quantitative estimate of drug-likeness (QED) is 0.489. The molecule has 1 atom stereocenters. The van der Waals surface area contributed by atoms with Gasteiger partial charge in [-0.25, -0.2) is 4.98 Å². The summed E-state index contributed by atoms with van der Waals surface area (Å²) in [5, 5.41) is 18.0. The number of hydrogen-bond acceptors (Lipinski definition) is 7.